The number of hydrogen-bond donors (Lipinski definition) is 2. The minimum atomic E-state index is -4.27. The molecule has 0 heterocycles. The number of nitrogens with one attached hydrogen (secondary N) is 1. The number of hydrogen-bond acceptors (Lipinski definition) is 5. The van der Waals surface area contributed by atoms with Crippen molar-refractivity contribution in [3.63, 3.8) is 0 Å². The first-order chi connectivity index (χ1) is 7.06. The van der Waals surface area contributed by atoms with Crippen LogP contribution in [0.15, 0.2) is 0 Å². The molecule has 0 bridgehead atoms. The van der Waals surface area contributed by atoms with Crippen LogP contribution in [0.3, 0.4) is 0 Å². The lowest BCUT2D eigenvalue weighted by Gasteiger charge is -2.00. The van der Waals surface area contributed by atoms with Gasteiger partial charge in [0.05, 0.1) is 0 Å². The van der Waals surface area contributed by atoms with E-state index in [0.717, 1.165) is 37.8 Å². The molecule has 0 radical (unpaired) electrons. The van der Waals surface area contributed by atoms with Crippen LogP contribution in [0.1, 0.15) is 32.1 Å². The van der Waals surface area contributed by atoms with E-state index < -0.39 is 10.4 Å². The SMILES string of the molecule is CNCCCCCCCSOS(=O)(=O)O. The minimum absolute atomic E-state index is 0.589. The first-order valence-electron chi connectivity index (χ1n) is 4.99. The molecular weight excluding hydrogens is 238 g/mol. The molecule has 15 heavy (non-hydrogen) atoms. The third kappa shape index (κ3) is 14.2. The maximum Gasteiger partial charge on any atom is 0.408 e. The largest absolute Gasteiger partial charge is 0.408 e. The van der Waals surface area contributed by atoms with Crippen LogP contribution in [0.4, 0.5) is 0 Å². The molecule has 0 aromatic rings. The monoisotopic (exact) mass is 257 g/mol. The molecule has 0 aliphatic heterocycles. The quantitative estimate of drug-likeness (QED) is 0.352. The van der Waals surface area contributed by atoms with Gasteiger partial charge in [0.25, 0.3) is 0 Å². The predicted molar refractivity (Wildman–Crippen MR) is 62.1 cm³/mol. The molecule has 5 nitrogen and oxygen atoms in total. The molecule has 0 unspecified atom stereocenters. The predicted octanol–water partition coefficient (Wildman–Crippen LogP) is 1.62. The first-order valence-corrected chi connectivity index (χ1v) is 7.27. The summed E-state index contributed by atoms with van der Waals surface area (Å²) < 4.78 is 32.6. The zero-order valence-electron chi connectivity index (χ0n) is 8.94. The van der Waals surface area contributed by atoms with Crippen LogP contribution < -0.4 is 5.32 Å². The minimum Gasteiger partial charge on any atom is -0.320 e. The van der Waals surface area contributed by atoms with Gasteiger partial charge in [0.15, 0.2) is 0 Å². The van der Waals surface area contributed by atoms with Crippen molar-refractivity contribution >= 4 is 22.4 Å². The molecule has 0 aromatic carbocycles. The van der Waals surface area contributed by atoms with Crippen molar-refractivity contribution in [2.45, 2.75) is 32.1 Å². The van der Waals surface area contributed by atoms with Crippen LogP contribution >= 0.6 is 12.0 Å². The molecule has 92 valence electrons. The molecule has 0 atom stereocenters. The number of rotatable bonds is 10. The fourth-order valence-electron chi connectivity index (χ4n) is 1.09. The van der Waals surface area contributed by atoms with Crippen LogP contribution in [-0.4, -0.2) is 32.3 Å². The zero-order valence-corrected chi connectivity index (χ0v) is 10.6. The van der Waals surface area contributed by atoms with Crippen LogP contribution in [-0.2, 0) is 14.0 Å². The van der Waals surface area contributed by atoms with E-state index in [0.29, 0.717) is 5.75 Å². The van der Waals surface area contributed by atoms with Crippen LogP contribution in [0, 0.1) is 0 Å². The summed E-state index contributed by atoms with van der Waals surface area (Å²) in [5.74, 6) is 0.589. The van der Waals surface area contributed by atoms with Crippen molar-refractivity contribution < 1.29 is 16.6 Å². The Morgan fingerprint density at radius 2 is 1.80 bits per heavy atom. The van der Waals surface area contributed by atoms with E-state index in [-0.39, 0.29) is 0 Å². The molecule has 0 aromatic heterocycles. The van der Waals surface area contributed by atoms with Crippen molar-refractivity contribution in [3.05, 3.63) is 0 Å². The third-order valence-electron chi connectivity index (χ3n) is 1.79. The van der Waals surface area contributed by atoms with E-state index in [4.69, 9.17) is 4.55 Å². The Bertz CT molecular complexity index is 231. The van der Waals surface area contributed by atoms with E-state index >= 15 is 0 Å². The van der Waals surface area contributed by atoms with Gasteiger partial charge in [-0.05, 0) is 26.4 Å². The lowest BCUT2D eigenvalue weighted by Crippen LogP contribution is -2.06. The van der Waals surface area contributed by atoms with Gasteiger partial charge in [0.2, 0.25) is 0 Å². The molecule has 0 fully saturated rings. The Labute approximate surface area is 96.1 Å². The lowest BCUT2D eigenvalue weighted by atomic mass is 10.1. The maximum atomic E-state index is 10.1. The second-order valence-corrected chi connectivity index (χ2v) is 5.23. The second-order valence-electron chi connectivity index (χ2n) is 3.19. The summed E-state index contributed by atoms with van der Waals surface area (Å²) in [6, 6.07) is 0. The van der Waals surface area contributed by atoms with Crippen molar-refractivity contribution in [1.29, 1.82) is 0 Å². The number of unbranched alkanes of at least 4 members (excludes halogenated alkanes) is 4. The van der Waals surface area contributed by atoms with E-state index in [1.165, 1.54) is 12.8 Å². The summed E-state index contributed by atoms with van der Waals surface area (Å²) in [6.45, 7) is 1.04. The Morgan fingerprint density at radius 1 is 1.20 bits per heavy atom. The average molecular weight is 257 g/mol. The molecule has 2 N–H and O–H groups in total. The van der Waals surface area contributed by atoms with E-state index in [2.05, 4.69) is 8.95 Å². The van der Waals surface area contributed by atoms with E-state index in [9.17, 15) is 8.42 Å². The van der Waals surface area contributed by atoms with Crippen LogP contribution in [0.5, 0.6) is 0 Å². The Hall–Kier alpha value is 0.180. The molecule has 0 rings (SSSR count). The molecular formula is C8H19NO4S2. The van der Waals surface area contributed by atoms with Gasteiger partial charge in [-0.25, -0.2) is 0 Å². The fourth-order valence-corrected chi connectivity index (χ4v) is 2.17. The van der Waals surface area contributed by atoms with E-state index in [1.54, 1.807) is 0 Å². The van der Waals surface area contributed by atoms with Crippen LogP contribution in [0.25, 0.3) is 0 Å². The molecule has 0 aliphatic rings. The molecule has 0 aliphatic carbocycles. The topological polar surface area (TPSA) is 75.6 Å². The van der Waals surface area contributed by atoms with Crippen LogP contribution in [0.2, 0.25) is 0 Å². The summed E-state index contributed by atoms with van der Waals surface area (Å²) in [5, 5.41) is 3.08. The van der Waals surface area contributed by atoms with Gasteiger partial charge < -0.3 is 5.32 Å². The van der Waals surface area contributed by atoms with Crippen molar-refractivity contribution in [1.82, 2.24) is 5.32 Å². The van der Waals surface area contributed by atoms with Gasteiger partial charge in [-0.15, -0.1) is 0 Å². The Balaban J connectivity index is 3.06. The van der Waals surface area contributed by atoms with E-state index in [1.807, 2.05) is 7.05 Å². The van der Waals surface area contributed by atoms with Gasteiger partial charge in [0.1, 0.15) is 0 Å². The highest BCUT2D eigenvalue weighted by molar-refractivity contribution is 8.02. The van der Waals surface area contributed by atoms with Gasteiger partial charge in [0, 0.05) is 17.8 Å². The zero-order chi connectivity index (χ0) is 11.6. The van der Waals surface area contributed by atoms with Gasteiger partial charge in [-0.1, -0.05) is 19.3 Å². The maximum absolute atomic E-state index is 10.1. The normalized spacial score (nSPS) is 11.9. The van der Waals surface area contributed by atoms with Gasteiger partial charge >= 0.3 is 10.4 Å². The Morgan fingerprint density at radius 3 is 2.40 bits per heavy atom. The fraction of sp³-hybridized carbons (Fsp3) is 1.00. The van der Waals surface area contributed by atoms with Crippen molar-refractivity contribution in [2.75, 3.05) is 19.3 Å². The molecule has 0 spiro atoms. The smallest absolute Gasteiger partial charge is 0.320 e. The second kappa shape index (κ2) is 9.41. The highest BCUT2D eigenvalue weighted by atomic mass is 32.3. The average Bonchev–Trinajstić information content (AvgIpc) is 2.14. The highest BCUT2D eigenvalue weighted by Gasteiger charge is 2.03. The summed E-state index contributed by atoms with van der Waals surface area (Å²) in [6.07, 6.45) is 5.47. The van der Waals surface area contributed by atoms with Gasteiger partial charge in [-0.2, -0.15) is 12.0 Å². The summed E-state index contributed by atoms with van der Waals surface area (Å²) >= 11 is 0.778. The third-order valence-corrected chi connectivity index (χ3v) is 3.32. The summed E-state index contributed by atoms with van der Waals surface area (Å²) in [4.78, 5) is 0. The highest BCUT2D eigenvalue weighted by Crippen LogP contribution is 2.11. The lowest BCUT2D eigenvalue weighted by molar-refractivity contribution is 0.407. The standard InChI is InChI=1S/C8H19NO4S2/c1-9-7-5-3-2-4-6-8-14-13-15(10,11)12/h9H,2-8H2,1H3,(H,10,11,12). The molecule has 0 saturated heterocycles. The summed E-state index contributed by atoms with van der Waals surface area (Å²) in [7, 11) is -2.34. The summed E-state index contributed by atoms with van der Waals surface area (Å²) in [5.41, 5.74) is 0. The van der Waals surface area contributed by atoms with Crippen molar-refractivity contribution in [3.8, 4) is 0 Å². The molecule has 0 saturated carbocycles. The molecule has 7 heteroatoms. The van der Waals surface area contributed by atoms with Gasteiger partial charge in [-0.3, -0.25) is 4.55 Å². The molecule has 0 amide bonds. The van der Waals surface area contributed by atoms with Crippen molar-refractivity contribution in [2.24, 2.45) is 0 Å². The Kier molecular flexibility index (Phi) is 9.52. The first kappa shape index (κ1) is 15.2.